The van der Waals surface area contributed by atoms with E-state index in [1.165, 1.54) is 38.5 Å². The Hall–Kier alpha value is -5.06. The van der Waals surface area contributed by atoms with Crippen molar-refractivity contribution in [3.63, 3.8) is 0 Å². The highest BCUT2D eigenvalue weighted by Gasteiger charge is 2.30. The van der Waals surface area contributed by atoms with Crippen LogP contribution >= 0.6 is 15.6 Å². The molecule has 102 heavy (non-hydrogen) atoms. The molecule has 5 unspecified atom stereocenters. The van der Waals surface area contributed by atoms with Gasteiger partial charge in [0.15, 0.2) is 12.2 Å². The van der Waals surface area contributed by atoms with Gasteiger partial charge in [-0.25, -0.2) is 9.13 Å². The first-order valence-electron chi connectivity index (χ1n) is 39.1. The van der Waals surface area contributed by atoms with E-state index in [4.69, 9.17) is 37.0 Å². The standard InChI is InChI=1S/C83H138O17P2/c1-5-9-13-17-21-25-29-33-37-38-42-44-48-52-56-60-64-68-81(86)94-74-79(100-83(88)70-66-62-58-54-50-46-41-36-32-28-24-20-16-12-8-4)76-98-102(91,92)96-72-77(84)71-95-101(89,90)97-75-78(99-82(87)69-65-61-57-53-49-45-40-35-31-27-23-19-15-11-7-3)73-93-80(85)67-63-59-55-51-47-43-39-34-30-26-22-18-14-10-6-2/h9-10,13-14,21-28,33-37,39-42,44,52,56,77-79,84H,5-8,11-12,15-20,29-32,38,43,45-51,53-55,57-76H2,1-4H3,(H,89,90)(H,91,92)/b13-9-,14-10-,25-21-,26-22-,27-23-,28-24-,37-33-,39-34-,40-35-,41-36-,44-42-,56-52-. The van der Waals surface area contributed by atoms with Crippen LogP contribution in [0.4, 0.5) is 0 Å². The molecule has 0 rings (SSSR count). The summed E-state index contributed by atoms with van der Waals surface area (Å²) in [7, 11) is -9.99. The number of carbonyl (C=O) groups is 4. The van der Waals surface area contributed by atoms with Gasteiger partial charge in [-0.2, -0.15) is 0 Å². The molecular formula is C83H138O17P2. The van der Waals surface area contributed by atoms with E-state index < -0.39 is 97.5 Å². The molecule has 0 saturated carbocycles. The van der Waals surface area contributed by atoms with E-state index in [1.807, 2.05) is 12.2 Å². The third-order valence-electron chi connectivity index (χ3n) is 15.8. The molecule has 17 nitrogen and oxygen atoms in total. The lowest BCUT2D eigenvalue weighted by Crippen LogP contribution is -2.30. The molecule has 0 amide bonds. The number of phosphoric ester groups is 2. The van der Waals surface area contributed by atoms with Gasteiger partial charge in [-0.1, -0.05) is 257 Å². The quantitative estimate of drug-likeness (QED) is 0.0169. The smallest absolute Gasteiger partial charge is 0.462 e. The summed E-state index contributed by atoms with van der Waals surface area (Å²) < 4.78 is 68.5. The number of esters is 4. The minimum Gasteiger partial charge on any atom is -0.462 e. The van der Waals surface area contributed by atoms with Gasteiger partial charge in [-0.3, -0.25) is 37.3 Å². The maximum Gasteiger partial charge on any atom is 0.472 e. The topological polar surface area (TPSA) is 237 Å². The summed E-state index contributed by atoms with van der Waals surface area (Å²) in [6.07, 6.45) is 84.0. The monoisotopic (exact) mass is 1470 g/mol. The largest absolute Gasteiger partial charge is 0.472 e. The van der Waals surface area contributed by atoms with Gasteiger partial charge in [0, 0.05) is 25.7 Å². The normalized spacial score (nSPS) is 14.7. The van der Waals surface area contributed by atoms with E-state index in [0.29, 0.717) is 32.1 Å². The highest BCUT2D eigenvalue weighted by molar-refractivity contribution is 7.47. The van der Waals surface area contributed by atoms with Crippen molar-refractivity contribution in [1.29, 1.82) is 0 Å². The number of ether oxygens (including phenoxy) is 4. The summed E-state index contributed by atoms with van der Waals surface area (Å²) >= 11 is 0. The Morgan fingerprint density at radius 2 is 0.520 bits per heavy atom. The van der Waals surface area contributed by atoms with Crippen LogP contribution in [0.25, 0.3) is 0 Å². The van der Waals surface area contributed by atoms with Crippen molar-refractivity contribution in [2.75, 3.05) is 39.6 Å². The molecule has 0 aromatic carbocycles. The van der Waals surface area contributed by atoms with E-state index in [1.54, 1.807) is 0 Å². The first-order chi connectivity index (χ1) is 49.7. The third-order valence-corrected chi connectivity index (χ3v) is 17.7. The van der Waals surface area contributed by atoms with Crippen LogP contribution in [0.2, 0.25) is 0 Å². The lowest BCUT2D eigenvalue weighted by molar-refractivity contribution is -0.161. The molecular weight excluding hydrogens is 1330 g/mol. The second kappa shape index (κ2) is 74.2. The van der Waals surface area contributed by atoms with Crippen molar-refractivity contribution >= 4 is 39.5 Å². The first kappa shape index (κ1) is 96.9. The van der Waals surface area contributed by atoms with Gasteiger partial charge in [0.05, 0.1) is 26.4 Å². The lowest BCUT2D eigenvalue weighted by atomic mass is 10.1. The van der Waals surface area contributed by atoms with Crippen LogP contribution in [0.15, 0.2) is 146 Å². The molecule has 0 aliphatic rings. The fourth-order valence-corrected chi connectivity index (χ4v) is 11.4. The minimum absolute atomic E-state index is 0.0621. The van der Waals surface area contributed by atoms with Gasteiger partial charge < -0.3 is 33.8 Å². The molecule has 19 heteroatoms. The van der Waals surface area contributed by atoms with Gasteiger partial charge in [0.25, 0.3) is 0 Å². The molecule has 0 aliphatic carbocycles. The van der Waals surface area contributed by atoms with Crippen LogP contribution in [0.1, 0.15) is 297 Å². The average molecular weight is 1470 g/mol. The van der Waals surface area contributed by atoms with Crippen LogP contribution in [-0.2, 0) is 65.4 Å². The molecule has 0 radical (unpaired) electrons. The molecule has 0 saturated heterocycles. The third kappa shape index (κ3) is 73.3. The van der Waals surface area contributed by atoms with E-state index >= 15 is 0 Å². The number of rotatable bonds is 72. The SMILES string of the molecule is CC/C=C\C/C=C\C/C=C\C/C=C\C/C=C\CCCC(=O)OCC(COP(=O)(O)OCC(O)COP(=O)(O)OCC(COC(=O)CCCCCCC/C=C\C/C=C\C/C=C\CC)OC(=O)CCCCCCC/C=C\C/C=C\CCCCC)OC(=O)CCCCCCC/C=C\C/C=C\CCCCC. The second-order valence-electron chi connectivity index (χ2n) is 25.5. The van der Waals surface area contributed by atoms with Crippen molar-refractivity contribution in [2.24, 2.45) is 0 Å². The van der Waals surface area contributed by atoms with E-state index in [9.17, 15) is 43.2 Å². The molecule has 0 bridgehead atoms. The number of aliphatic hydroxyl groups is 1. The summed E-state index contributed by atoms with van der Waals surface area (Å²) in [5.41, 5.74) is 0. The van der Waals surface area contributed by atoms with Gasteiger partial charge >= 0.3 is 39.5 Å². The molecule has 0 aliphatic heterocycles. The zero-order valence-corrected chi connectivity index (χ0v) is 65.3. The molecule has 0 fully saturated rings. The van der Waals surface area contributed by atoms with Crippen molar-refractivity contribution in [2.45, 2.75) is 316 Å². The predicted octanol–water partition coefficient (Wildman–Crippen LogP) is 22.7. The molecule has 5 atom stereocenters. The Balaban J connectivity index is 5.46. The number of allylic oxidation sites excluding steroid dienone is 24. The first-order valence-corrected chi connectivity index (χ1v) is 42.1. The zero-order valence-electron chi connectivity index (χ0n) is 63.5. The van der Waals surface area contributed by atoms with Gasteiger partial charge in [-0.15, -0.1) is 0 Å². The number of phosphoric acid groups is 2. The van der Waals surface area contributed by atoms with Crippen molar-refractivity contribution in [1.82, 2.24) is 0 Å². The van der Waals surface area contributed by atoms with Crippen LogP contribution in [0.5, 0.6) is 0 Å². The Bertz CT molecular complexity index is 2510. The maximum absolute atomic E-state index is 13.1. The Labute approximate surface area is 617 Å². The summed E-state index contributed by atoms with van der Waals surface area (Å²) in [4.78, 5) is 72.9. The Morgan fingerprint density at radius 1 is 0.284 bits per heavy atom. The summed E-state index contributed by atoms with van der Waals surface area (Å²) in [5.74, 6) is -2.30. The van der Waals surface area contributed by atoms with Crippen molar-refractivity contribution in [3.8, 4) is 0 Å². The molecule has 0 heterocycles. The minimum atomic E-state index is -5.00. The highest BCUT2D eigenvalue weighted by atomic mass is 31.2. The van der Waals surface area contributed by atoms with Crippen LogP contribution < -0.4 is 0 Å². The number of unbranched alkanes of at least 4 members (excludes halogenated alkanes) is 22. The maximum atomic E-state index is 13.1. The molecule has 0 aromatic rings. The zero-order chi connectivity index (χ0) is 74.6. The average Bonchev–Trinajstić information content (AvgIpc) is 0.923. The molecule has 3 N–H and O–H groups in total. The van der Waals surface area contributed by atoms with E-state index in [-0.39, 0.29) is 25.7 Å². The molecule has 0 aromatic heterocycles. The van der Waals surface area contributed by atoms with Crippen LogP contribution in [0.3, 0.4) is 0 Å². The Kier molecular flexibility index (Phi) is 70.5. The van der Waals surface area contributed by atoms with Crippen LogP contribution in [0, 0.1) is 0 Å². The second-order valence-corrected chi connectivity index (χ2v) is 28.4. The lowest BCUT2D eigenvalue weighted by Gasteiger charge is -2.21. The number of aliphatic hydroxyl groups excluding tert-OH is 1. The van der Waals surface area contributed by atoms with Crippen molar-refractivity contribution < 1.29 is 80.2 Å². The summed E-state index contributed by atoms with van der Waals surface area (Å²) in [5, 5.41) is 10.6. The molecule has 0 spiro atoms. The number of hydrogen-bond donors (Lipinski definition) is 3. The number of carbonyl (C=O) groups excluding carboxylic acids is 4. The van der Waals surface area contributed by atoms with Gasteiger partial charge in [-0.05, 0) is 161 Å². The fourth-order valence-electron chi connectivity index (χ4n) is 9.86. The summed E-state index contributed by atoms with van der Waals surface area (Å²) in [6.45, 7) is 4.47. The Morgan fingerprint density at radius 3 is 0.824 bits per heavy atom. The van der Waals surface area contributed by atoms with E-state index in [0.717, 1.165) is 173 Å². The van der Waals surface area contributed by atoms with Crippen molar-refractivity contribution in [3.05, 3.63) is 146 Å². The predicted molar refractivity (Wildman–Crippen MR) is 417 cm³/mol. The van der Waals surface area contributed by atoms with E-state index in [2.05, 4.69) is 161 Å². The summed E-state index contributed by atoms with van der Waals surface area (Å²) in [6, 6.07) is 0. The van der Waals surface area contributed by atoms with Crippen LogP contribution in [-0.4, -0.2) is 96.7 Å². The van der Waals surface area contributed by atoms with Gasteiger partial charge in [0.1, 0.15) is 19.3 Å². The molecule has 582 valence electrons. The number of hydrogen-bond acceptors (Lipinski definition) is 15. The fraction of sp³-hybridized carbons (Fsp3) is 0.663. The van der Waals surface area contributed by atoms with Gasteiger partial charge in [0.2, 0.25) is 0 Å². The highest BCUT2D eigenvalue weighted by Crippen LogP contribution is 2.45.